The summed E-state index contributed by atoms with van der Waals surface area (Å²) in [5.74, 6) is 0.462. The Labute approximate surface area is 130 Å². The van der Waals surface area contributed by atoms with Gasteiger partial charge < -0.3 is 9.88 Å². The quantitative estimate of drug-likeness (QED) is 0.786. The van der Waals surface area contributed by atoms with E-state index in [1.54, 1.807) is 0 Å². The number of likely N-dealkylation sites (N-methyl/N-ethyl adjacent to an activating group) is 1. The van der Waals surface area contributed by atoms with Crippen LogP contribution in [-0.2, 0) is 10.0 Å². The Morgan fingerprint density at radius 1 is 1.38 bits per heavy atom. The molecule has 21 heavy (non-hydrogen) atoms. The van der Waals surface area contributed by atoms with Crippen molar-refractivity contribution in [2.75, 3.05) is 20.6 Å². The fourth-order valence-corrected chi connectivity index (χ4v) is 3.21. The molecule has 0 amide bonds. The molecule has 0 aliphatic heterocycles. The van der Waals surface area contributed by atoms with Crippen LogP contribution in [0.1, 0.15) is 20.3 Å². The number of hydrogen-bond acceptors (Lipinski definition) is 4. The minimum Gasteiger partial charge on any atom is -0.326 e. The van der Waals surface area contributed by atoms with Gasteiger partial charge in [0.25, 0.3) is 5.56 Å². The number of nitrogens with zero attached hydrogens (tertiary/aromatic N) is 1. The molecule has 8 heteroatoms. The van der Waals surface area contributed by atoms with E-state index in [2.05, 4.69) is 23.6 Å². The monoisotopic (exact) mass is 335 g/mol. The molecule has 0 radical (unpaired) electrons. The van der Waals surface area contributed by atoms with Crippen LogP contribution < -0.4 is 10.3 Å². The second kappa shape index (κ2) is 7.40. The van der Waals surface area contributed by atoms with Crippen LogP contribution in [0.25, 0.3) is 0 Å². The second-order valence-electron chi connectivity index (χ2n) is 5.61. The molecule has 0 aliphatic rings. The molecule has 0 aliphatic carbocycles. The minimum atomic E-state index is -3.70. The Balaban J connectivity index is 2.84. The molecule has 0 bridgehead atoms. The van der Waals surface area contributed by atoms with E-state index in [1.807, 2.05) is 19.0 Å². The Bertz CT molecular complexity index is 626. The lowest BCUT2D eigenvalue weighted by Crippen LogP contribution is -2.41. The SMILES string of the molecule is CC(C)CC(CNS(=O)(=O)c1c[nH]c(=O)c(Cl)c1)N(C)C. The second-order valence-corrected chi connectivity index (χ2v) is 7.79. The van der Waals surface area contributed by atoms with Crippen molar-refractivity contribution in [2.45, 2.75) is 31.2 Å². The first-order valence-corrected chi connectivity index (χ1v) is 8.54. The Morgan fingerprint density at radius 3 is 2.48 bits per heavy atom. The van der Waals surface area contributed by atoms with Gasteiger partial charge in [-0.05, 0) is 32.5 Å². The highest BCUT2D eigenvalue weighted by atomic mass is 35.5. The van der Waals surface area contributed by atoms with E-state index < -0.39 is 15.6 Å². The first kappa shape index (κ1) is 18.2. The highest BCUT2D eigenvalue weighted by Crippen LogP contribution is 2.12. The third-order valence-electron chi connectivity index (χ3n) is 3.12. The third kappa shape index (κ3) is 5.43. The number of H-pyrrole nitrogens is 1. The van der Waals surface area contributed by atoms with Crippen molar-refractivity contribution in [2.24, 2.45) is 5.92 Å². The lowest BCUT2D eigenvalue weighted by Gasteiger charge is -2.26. The van der Waals surface area contributed by atoms with Crippen LogP contribution in [0.4, 0.5) is 0 Å². The van der Waals surface area contributed by atoms with Crippen LogP contribution in [0.3, 0.4) is 0 Å². The molecule has 0 spiro atoms. The van der Waals surface area contributed by atoms with Gasteiger partial charge in [0, 0.05) is 18.8 Å². The summed E-state index contributed by atoms with van der Waals surface area (Å²) < 4.78 is 27.0. The van der Waals surface area contributed by atoms with Gasteiger partial charge >= 0.3 is 0 Å². The lowest BCUT2D eigenvalue weighted by molar-refractivity contribution is 0.255. The number of pyridine rings is 1. The number of aromatic nitrogens is 1. The first-order valence-electron chi connectivity index (χ1n) is 6.68. The van der Waals surface area contributed by atoms with Gasteiger partial charge in [0.15, 0.2) is 0 Å². The van der Waals surface area contributed by atoms with Gasteiger partial charge in [-0.15, -0.1) is 0 Å². The molecule has 1 aromatic rings. The molecular formula is C13H22ClN3O3S. The fourth-order valence-electron chi connectivity index (χ4n) is 1.90. The fraction of sp³-hybridized carbons (Fsp3) is 0.615. The molecule has 0 saturated heterocycles. The smallest absolute Gasteiger partial charge is 0.266 e. The van der Waals surface area contributed by atoms with Crippen molar-refractivity contribution in [1.29, 1.82) is 0 Å². The van der Waals surface area contributed by atoms with Crippen molar-refractivity contribution in [1.82, 2.24) is 14.6 Å². The molecular weight excluding hydrogens is 314 g/mol. The van der Waals surface area contributed by atoms with E-state index in [1.165, 1.54) is 0 Å². The Morgan fingerprint density at radius 2 is 2.00 bits per heavy atom. The van der Waals surface area contributed by atoms with E-state index in [9.17, 15) is 13.2 Å². The normalized spacial score (nSPS) is 13.9. The highest BCUT2D eigenvalue weighted by Gasteiger charge is 2.20. The number of nitrogens with one attached hydrogen (secondary N) is 2. The zero-order chi connectivity index (χ0) is 16.2. The number of halogens is 1. The van der Waals surface area contributed by atoms with E-state index in [0.717, 1.165) is 18.7 Å². The van der Waals surface area contributed by atoms with Gasteiger partial charge in [-0.1, -0.05) is 25.4 Å². The zero-order valence-corrected chi connectivity index (χ0v) is 14.3. The molecule has 2 N–H and O–H groups in total. The van der Waals surface area contributed by atoms with E-state index in [4.69, 9.17) is 11.6 Å². The number of aromatic amines is 1. The Kier molecular flexibility index (Phi) is 6.40. The molecule has 1 heterocycles. The molecule has 120 valence electrons. The van der Waals surface area contributed by atoms with Crippen LogP contribution in [0.15, 0.2) is 22.0 Å². The van der Waals surface area contributed by atoms with E-state index >= 15 is 0 Å². The van der Waals surface area contributed by atoms with Crippen molar-refractivity contribution >= 4 is 21.6 Å². The predicted molar refractivity (Wildman–Crippen MR) is 84.2 cm³/mol. The first-order chi connectivity index (χ1) is 9.63. The summed E-state index contributed by atoms with van der Waals surface area (Å²) in [4.78, 5) is 15.4. The average molecular weight is 336 g/mol. The summed E-state index contributed by atoms with van der Waals surface area (Å²) in [5.41, 5.74) is -0.512. The molecule has 1 atom stereocenters. The van der Waals surface area contributed by atoms with Crippen molar-refractivity contribution in [3.8, 4) is 0 Å². The molecule has 0 fully saturated rings. The van der Waals surface area contributed by atoms with Gasteiger partial charge in [-0.25, -0.2) is 13.1 Å². The largest absolute Gasteiger partial charge is 0.326 e. The summed E-state index contributed by atoms with van der Waals surface area (Å²) in [7, 11) is 0.135. The van der Waals surface area contributed by atoms with Crippen molar-refractivity contribution in [3.05, 3.63) is 27.6 Å². The third-order valence-corrected chi connectivity index (χ3v) is 4.81. The number of sulfonamides is 1. The minimum absolute atomic E-state index is 0.0471. The van der Waals surface area contributed by atoms with Gasteiger partial charge in [0.1, 0.15) is 5.02 Å². The van der Waals surface area contributed by atoms with E-state index in [-0.39, 0.29) is 16.0 Å². The zero-order valence-electron chi connectivity index (χ0n) is 12.7. The van der Waals surface area contributed by atoms with E-state index in [0.29, 0.717) is 12.5 Å². The molecule has 0 saturated carbocycles. The molecule has 0 aromatic carbocycles. The van der Waals surface area contributed by atoms with Gasteiger partial charge in [-0.2, -0.15) is 0 Å². The molecule has 1 aromatic heterocycles. The van der Waals surface area contributed by atoms with Crippen molar-refractivity contribution in [3.63, 3.8) is 0 Å². The summed E-state index contributed by atoms with van der Waals surface area (Å²) in [5, 5.41) is -0.149. The van der Waals surface area contributed by atoms with Crippen LogP contribution in [-0.4, -0.2) is 45.0 Å². The van der Waals surface area contributed by atoms with Crippen LogP contribution in [0, 0.1) is 5.92 Å². The van der Waals surface area contributed by atoms with Crippen molar-refractivity contribution < 1.29 is 8.42 Å². The predicted octanol–water partition coefficient (Wildman–Crippen LogP) is 1.28. The van der Waals surface area contributed by atoms with Crippen LogP contribution >= 0.6 is 11.6 Å². The maximum absolute atomic E-state index is 12.2. The molecule has 1 unspecified atom stereocenters. The maximum Gasteiger partial charge on any atom is 0.266 e. The summed E-state index contributed by atoms with van der Waals surface area (Å²) in [6.07, 6.45) is 2.02. The average Bonchev–Trinajstić information content (AvgIpc) is 2.37. The maximum atomic E-state index is 12.2. The van der Waals surface area contributed by atoms with Crippen LogP contribution in [0.5, 0.6) is 0 Å². The van der Waals surface area contributed by atoms with Gasteiger partial charge in [-0.3, -0.25) is 4.79 Å². The topological polar surface area (TPSA) is 82.3 Å². The number of hydrogen-bond donors (Lipinski definition) is 2. The molecule has 1 rings (SSSR count). The highest BCUT2D eigenvalue weighted by molar-refractivity contribution is 7.89. The summed E-state index contributed by atoms with van der Waals surface area (Å²) in [6.45, 7) is 4.48. The van der Waals surface area contributed by atoms with Gasteiger partial charge in [0.2, 0.25) is 10.0 Å². The summed E-state index contributed by atoms with van der Waals surface area (Å²) >= 11 is 5.66. The summed E-state index contributed by atoms with van der Waals surface area (Å²) in [6, 6.07) is 1.24. The lowest BCUT2D eigenvalue weighted by atomic mass is 10.0. The van der Waals surface area contributed by atoms with Gasteiger partial charge in [0.05, 0.1) is 4.90 Å². The molecule has 6 nitrogen and oxygen atoms in total. The number of rotatable bonds is 7. The Hall–Kier alpha value is -0.890. The standard InChI is InChI=1S/C13H22ClN3O3S/c1-9(2)5-10(17(3)4)7-16-21(19,20)11-6-12(14)13(18)15-8-11/h6,8-10,16H,5,7H2,1-4H3,(H,15,18). The van der Waals surface area contributed by atoms with Crippen LogP contribution in [0.2, 0.25) is 5.02 Å².